The van der Waals surface area contributed by atoms with Gasteiger partial charge in [0.15, 0.2) is 0 Å². The molecule has 4 heterocycles. The van der Waals surface area contributed by atoms with E-state index in [-0.39, 0.29) is 41.6 Å². The Hall–Kier alpha value is -3.37. The number of carbonyl (C=O) groups is 2. The van der Waals surface area contributed by atoms with Gasteiger partial charge in [0.1, 0.15) is 23.8 Å². The number of morpholine rings is 1. The van der Waals surface area contributed by atoms with Crippen LogP contribution in [0.2, 0.25) is 0 Å². The largest absolute Gasteiger partial charge is 0.482 e. The number of hydrogen-bond donors (Lipinski definition) is 1. The summed E-state index contributed by atoms with van der Waals surface area (Å²) >= 11 is 0. The van der Waals surface area contributed by atoms with Gasteiger partial charge in [0.2, 0.25) is 0 Å². The Morgan fingerprint density at radius 1 is 1.18 bits per heavy atom. The lowest BCUT2D eigenvalue weighted by Gasteiger charge is -2.64. The summed E-state index contributed by atoms with van der Waals surface area (Å²) in [6.07, 6.45) is 6.41. The van der Waals surface area contributed by atoms with Crippen LogP contribution in [0.1, 0.15) is 59.4 Å². The van der Waals surface area contributed by atoms with E-state index in [9.17, 15) is 14.9 Å². The Morgan fingerprint density at radius 2 is 1.96 bits per heavy atom. The highest BCUT2D eigenvalue weighted by atomic mass is 16.7. The SMILES string of the molecule is CC1(C)[C@@H]2C[C@H]3OB(C(Cc4coc5ccccc45)NC(=O)OC[C@H]4[C@H]5C[C@H]5CN4C(=O)C(C#N)=CC(C)(C)N4CCOCC4)O[C@@]3(C)[C@H]1C2. The minimum atomic E-state index is -0.656. The molecule has 12 heteroatoms. The summed E-state index contributed by atoms with van der Waals surface area (Å²) in [7, 11) is -0.656. The van der Waals surface area contributed by atoms with Crippen LogP contribution in [0.3, 0.4) is 0 Å². The molecule has 0 radical (unpaired) electrons. The van der Waals surface area contributed by atoms with E-state index in [4.69, 9.17) is 23.2 Å². The van der Waals surface area contributed by atoms with Gasteiger partial charge in [-0.05, 0) is 93.2 Å². The minimum absolute atomic E-state index is 0.0360. The van der Waals surface area contributed by atoms with Gasteiger partial charge in [-0.3, -0.25) is 9.69 Å². The van der Waals surface area contributed by atoms with Crippen molar-refractivity contribution in [3.05, 3.63) is 47.7 Å². The molecule has 1 unspecified atom stereocenters. The van der Waals surface area contributed by atoms with Crippen molar-refractivity contribution in [1.82, 2.24) is 15.1 Å². The first-order chi connectivity index (χ1) is 23.9. The third-order valence-corrected chi connectivity index (χ3v) is 13.2. The van der Waals surface area contributed by atoms with Crippen molar-refractivity contribution in [3.63, 3.8) is 0 Å². The van der Waals surface area contributed by atoms with Crippen LogP contribution >= 0.6 is 0 Å². The molecule has 4 saturated carbocycles. The molecule has 3 aliphatic heterocycles. The highest BCUT2D eigenvalue weighted by molar-refractivity contribution is 6.48. The fourth-order valence-electron chi connectivity index (χ4n) is 9.97. The van der Waals surface area contributed by atoms with E-state index in [1.165, 1.54) is 0 Å². The molecule has 1 aromatic heterocycles. The molecule has 7 fully saturated rings. The van der Waals surface area contributed by atoms with Gasteiger partial charge >= 0.3 is 13.2 Å². The van der Waals surface area contributed by atoms with E-state index in [0.717, 1.165) is 48.9 Å². The quantitative estimate of drug-likeness (QED) is 0.226. The van der Waals surface area contributed by atoms with Crippen LogP contribution < -0.4 is 5.32 Å². The number of furan rings is 1. The van der Waals surface area contributed by atoms with Crippen molar-refractivity contribution < 1.29 is 32.8 Å². The number of rotatable bonds is 9. The average Bonchev–Trinajstić information content (AvgIpc) is 3.41. The second-order valence-electron chi connectivity index (χ2n) is 16.8. The van der Waals surface area contributed by atoms with Crippen molar-refractivity contribution >= 4 is 30.1 Å². The number of hydrogen-bond acceptors (Lipinski definition) is 9. The summed E-state index contributed by atoms with van der Waals surface area (Å²) in [5.41, 5.74) is 1.13. The fraction of sp³-hybridized carbons (Fsp3) is 0.658. The molecule has 50 heavy (non-hydrogen) atoms. The summed E-state index contributed by atoms with van der Waals surface area (Å²) in [6.45, 7) is 14.2. The van der Waals surface area contributed by atoms with Crippen LogP contribution in [0.25, 0.3) is 11.0 Å². The average molecular weight is 685 g/mol. The topological polar surface area (TPSA) is 127 Å². The van der Waals surface area contributed by atoms with Crippen LogP contribution in [-0.4, -0.2) is 97.6 Å². The minimum Gasteiger partial charge on any atom is -0.464 e. The Kier molecular flexibility index (Phi) is 8.37. The van der Waals surface area contributed by atoms with E-state index in [0.29, 0.717) is 43.9 Å². The smallest absolute Gasteiger partial charge is 0.464 e. The first-order valence-electron chi connectivity index (χ1n) is 18.4. The summed E-state index contributed by atoms with van der Waals surface area (Å²) in [6, 6.07) is 9.74. The van der Waals surface area contributed by atoms with Crippen molar-refractivity contribution in [2.24, 2.45) is 29.1 Å². The third kappa shape index (κ3) is 5.74. The van der Waals surface area contributed by atoms with Gasteiger partial charge in [-0.15, -0.1) is 0 Å². The zero-order valence-electron chi connectivity index (χ0n) is 29.9. The molecule has 9 rings (SSSR count). The molecule has 11 nitrogen and oxygen atoms in total. The van der Waals surface area contributed by atoms with E-state index in [1.54, 1.807) is 17.2 Å². The second-order valence-corrected chi connectivity index (χ2v) is 16.8. The monoisotopic (exact) mass is 684 g/mol. The Balaban J connectivity index is 0.965. The normalized spacial score (nSPS) is 33.6. The van der Waals surface area contributed by atoms with Crippen molar-refractivity contribution in [3.8, 4) is 6.07 Å². The summed E-state index contributed by atoms with van der Waals surface area (Å²) in [5.74, 6) is 0.778. The number of alkyl carbamates (subject to hydrolysis) is 1. The van der Waals surface area contributed by atoms with E-state index >= 15 is 0 Å². The van der Waals surface area contributed by atoms with Crippen molar-refractivity contribution in [2.75, 3.05) is 39.5 Å². The molecule has 2 amide bonds. The number of amides is 2. The van der Waals surface area contributed by atoms with Gasteiger partial charge < -0.3 is 33.4 Å². The highest BCUT2D eigenvalue weighted by Crippen LogP contribution is 2.65. The number of likely N-dealkylation sites (tertiary alicyclic amines) is 1. The molecule has 4 aliphatic carbocycles. The highest BCUT2D eigenvalue weighted by Gasteiger charge is 2.68. The molecule has 266 valence electrons. The van der Waals surface area contributed by atoms with Gasteiger partial charge in [-0.2, -0.15) is 5.26 Å². The van der Waals surface area contributed by atoms with Crippen molar-refractivity contribution in [1.29, 1.82) is 5.26 Å². The maximum absolute atomic E-state index is 13.8. The molecule has 2 aromatic rings. The number of nitrogens with zero attached hydrogens (tertiary/aromatic N) is 3. The van der Waals surface area contributed by atoms with Crippen LogP contribution in [0.15, 0.2) is 46.6 Å². The number of nitrogens with one attached hydrogen (secondary N) is 1. The predicted molar refractivity (Wildman–Crippen MR) is 186 cm³/mol. The van der Waals surface area contributed by atoms with Crippen LogP contribution in [0.4, 0.5) is 4.79 Å². The number of carbonyl (C=O) groups excluding carboxylic acids is 2. The molecule has 8 atom stereocenters. The molecular formula is C38H49BN4O7. The predicted octanol–water partition coefficient (Wildman–Crippen LogP) is 4.75. The maximum Gasteiger partial charge on any atom is 0.482 e. The van der Waals surface area contributed by atoms with E-state index in [2.05, 4.69) is 37.1 Å². The lowest BCUT2D eigenvalue weighted by molar-refractivity contribution is -0.199. The molecule has 1 N–H and O–H groups in total. The first kappa shape index (κ1) is 33.8. The van der Waals surface area contributed by atoms with Gasteiger partial charge in [0.25, 0.3) is 5.91 Å². The van der Waals surface area contributed by atoms with E-state index < -0.39 is 30.3 Å². The van der Waals surface area contributed by atoms with Crippen LogP contribution in [-0.2, 0) is 30.0 Å². The maximum atomic E-state index is 13.8. The summed E-state index contributed by atoms with van der Waals surface area (Å²) in [5, 5.41) is 14.2. The fourth-order valence-corrected chi connectivity index (χ4v) is 9.97. The molecule has 0 spiro atoms. The number of ether oxygens (including phenoxy) is 2. The van der Waals surface area contributed by atoms with E-state index in [1.807, 2.05) is 38.1 Å². The molecular weight excluding hydrogens is 635 g/mol. The number of para-hydroxylation sites is 1. The van der Waals surface area contributed by atoms with Crippen LogP contribution in [0, 0.1) is 40.4 Å². The zero-order valence-corrected chi connectivity index (χ0v) is 29.9. The Bertz CT molecular complexity index is 1730. The standard InChI is InChI=1S/C38H49BN4O7/c1-36(2,42-10-12-46-13-11-42)18-25(19-40)34(44)43-20-23-14-28(23)29(43)22-48-35(45)41-33(15-24-21-47-30-9-7-6-8-27(24)30)39-49-32-17-26-16-31(37(26,3)4)38(32,5)50-39/h6-9,18,21,23,26,28-29,31-33H,10-17,20,22H2,1-5H3,(H,41,45)/t23-,26-,28-,29-,31-,32+,33?,38-/m0/s1. The van der Waals surface area contributed by atoms with Gasteiger partial charge in [0, 0.05) is 30.6 Å². The lowest BCUT2D eigenvalue weighted by atomic mass is 9.43. The number of nitriles is 1. The number of piperidine rings is 1. The first-order valence-corrected chi connectivity index (χ1v) is 18.4. The van der Waals surface area contributed by atoms with Gasteiger partial charge in [0.05, 0.1) is 43.2 Å². The van der Waals surface area contributed by atoms with Gasteiger partial charge in [-0.25, -0.2) is 4.79 Å². The number of benzene rings is 1. The lowest BCUT2D eigenvalue weighted by Crippen LogP contribution is -2.65. The van der Waals surface area contributed by atoms with Gasteiger partial charge in [-0.1, -0.05) is 32.0 Å². The summed E-state index contributed by atoms with van der Waals surface area (Å²) < 4.78 is 30.7. The van der Waals surface area contributed by atoms with Crippen molar-refractivity contribution in [2.45, 2.75) is 89.5 Å². The zero-order chi connectivity index (χ0) is 35.0. The number of fused-ring (bicyclic) bond motifs is 2. The molecule has 2 bridgehead atoms. The second kappa shape index (κ2) is 12.4. The Morgan fingerprint density at radius 3 is 2.72 bits per heavy atom. The van der Waals surface area contributed by atoms with Crippen LogP contribution in [0.5, 0.6) is 0 Å². The molecule has 1 aromatic carbocycles. The third-order valence-electron chi connectivity index (χ3n) is 13.2. The Labute approximate surface area is 294 Å². The molecule has 7 aliphatic rings. The molecule has 3 saturated heterocycles. The summed E-state index contributed by atoms with van der Waals surface area (Å²) in [4.78, 5) is 31.4.